The molecule has 108 valence electrons. The maximum atomic E-state index is 12.0. The van der Waals surface area contributed by atoms with Gasteiger partial charge >= 0.3 is 5.97 Å². The van der Waals surface area contributed by atoms with Gasteiger partial charge in [-0.25, -0.2) is 17.9 Å². The maximum absolute atomic E-state index is 12.0. The summed E-state index contributed by atoms with van der Waals surface area (Å²) in [6, 6.07) is 9.92. The summed E-state index contributed by atoms with van der Waals surface area (Å²) < 4.78 is 31.2. The van der Waals surface area contributed by atoms with Crippen LogP contribution in [0.3, 0.4) is 0 Å². The zero-order valence-corrected chi connectivity index (χ0v) is 11.4. The summed E-state index contributed by atoms with van der Waals surface area (Å²) in [6.07, 6.45) is 0. The molecule has 0 aliphatic heterocycles. The first kappa shape index (κ1) is 14.8. The molecule has 0 saturated heterocycles. The molecular weight excluding hydrogens is 296 g/mol. The lowest BCUT2D eigenvalue weighted by Gasteiger charge is -2.05. The van der Waals surface area contributed by atoms with Crippen LogP contribution in [0.2, 0.25) is 0 Å². The standard InChI is InChI=1S/C13H10N2O5S/c14-7-9-1-4-11(5-2-9)21(18,19)15-8-10-3-6-12(20-10)13(16)17/h1-6,15H,8H2,(H,16,17). The minimum Gasteiger partial charge on any atom is -0.475 e. The van der Waals surface area contributed by atoms with Crippen LogP contribution >= 0.6 is 0 Å². The van der Waals surface area contributed by atoms with Crippen LogP contribution in [0.1, 0.15) is 21.9 Å². The van der Waals surface area contributed by atoms with Crippen LogP contribution in [-0.4, -0.2) is 19.5 Å². The number of nitriles is 1. The van der Waals surface area contributed by atoms with E-state index in [0.29, 0.717) is 5.56 Å². The maximum Gasteiger partial charge on any atom is 0.371 e. The van der Waals surface area contributed by atoms with Crippen LogP contribution in [0, 0.1) is 11.3 Å². The van der Waals surface area contributed by atoms with Gasteiger partial charge in [-0.3, -0.25) is 0 Å². The number of benzene rings is 1. The van der Waals surface area contributed by atoms with Crippen molar-refractivity contribution in [3.05, 3.63) is 53.5 Å². The summed E-state index contributed by atoms with van der Waals surface area (Å²) in [4.78, 5) is 10.6. The second-order valence-corrected chi connectivity index (χ2v) is 5.80. The quantitative estimate of drug-likeness (QED) is 0.859. The number of carboxylic acid groups (broad SMARTS) is 1. The van der Waals surface area contributed by atoms with Gasteiger partial charge in [-0.05, 0) is 36.4 Å². The lowest BCUT2D eigenvalue weighted by Crippen LogP contribution is -2.23. The summed E-state index contributed by atoms with van der Waals surface area (Å²) in [7, 11) is -3.76. The number of nitrogens with zero attached hydrogens (tertiary/aromatic N) is 1. The van der Waals surface area contributed by atoms with Gasteiger partial charge in [0.15, 0.2) is 0 Å². The van der Waals surface area contributed by atoms with Gasteiger partial charge < -0.3 is 9.52 Å². The van der Waals surface area contributed by atoms with Crippen molar-refractivity contribution < 1.29 is 22.7 Å². The van der Waals surface area contributed by atoms with Crippen LogP contribution in [0.15, 0.2) is 45.7 Å². The van der Waals surface area contributed by atoms with Gasteiger partial charge in [0.2, 0.25) is 15.8 Å². The Morgan fingerprint density at radius 1 is 1.24 bits per heavy atom. The van der Waals surface area contributed by atoms with Gasteiger partial charge in [-0.15, -0.1) is 0 Å². The number of nitrogens with one attached hydrogen (secondary N) is 1. The van der Waals surface area contributed by atoms with Crippen molar-refractivity contribution in [2.24, 2.45) is 0 Å². The van der Waals surface area contributed by atoms with Gasteiger partial charge in [0.05, 0.1) is 23.1 Å². The monoisotopic (exact) mass is 306 g/mol. The Bertz CT molecular complexity index is 800. The second kappa shape index (κ2) is 5.78. The van der Waals surface area contributed by atoms with E-state index < -0.39 is 16.0 Å². The number of carboxylic acids is 1. The van der Waals surface area contributed by atoms with E-state index in [1.165, 1.54) is 36.4 Å². The largest absolute Gasteiger partial charge is 0.475 e. The van der Waals surface area contributed by atoms with Crippen LogP contribution in [-0.2, 0) is 16.6 Å². The normalized spacial score (nSPS) is 11.0. The van der Waals surface area contributed by atoms with Gasteiger partial charge in [0, 0.05) is 0 Å². The molecule has 1 aromatic carbocycles. The van der Waals surface area contributed by atoms with Crippen molar-refractivity contribution in [1.82, 2.24) is 4.72 Å². The topological polar surface area (TPSA) is 120 Å². The van der Waals surface area contributed by atoms with Crippen molar-refractivity contribution in [2.45, 2.75) is 11.4 Å². The number of aromatic carboxylic acids is 1. The third kappa shape index (κ3) is 3.47. The van der Waals surface area contributed by atoms with E-state index >= 15 is 0 Å². The van der Waals surface area contributed by atoms with E-state index in [1.54, 1.807) is 0 Å². The zero-order chi connectivity index (χ0) is 15.5. The molecule has 0 bridgehead atoms. The van der Waals surface area contributed by atoms with Crippen LogP contribution in [0.25, 0.3) is 0 Å². The van der Waals surface area contributed by atoms with E-state index in [-0.39, 0.29) is 23.0 Å². The van der Waals surface area contributed by atoms with Gasteiger partial charge in [-0.2, -0.15) is 5.26 Å². The van der Waals surface area contributed by atoms with Gasteiger partial charge in [-0.1, -0.05) is 0 Å². The molecule has 0 spiro atoms. The van der Waals surface area contributed by atoms with Crippen LogP contribution in [0.5, 0.6) is 0 Å². The van der Waals surface area contributed by atoms with Crippen LogP contribution in [0.4, 0.5) is 0 Å². The Labute approximate surface area is 120 Å². The molecule has 0 radical (unpaired) electrons. The third-order valence-corrected chi connectivity index (χ3v) is 4.02. The fourth-order valence-corrected chi connectivity index (χ4v) is 2.54. The molecule has 0 saturated carbocycles. The zero-order valence-electron chi connectivity index (χ0n) is 10.6. The number of furan rings is 1. The predicted molar refractivity (Wildman–Crippen MR) is 70.8 cm³/mol. The average Bonchev–Trinajstić information content (AvgIpc) is 2.94. The van der Waals surface area contributed by atoms with Crippen molar-refractivity contribution in [2.75, 3.05) is 0 Å². The Hall–Kier alpha value is -2.63. The van der Waals surface area contributed by atoms with E-state index in [9.17, 15) is 13.2 Å². The first-order chi connectivity index (χ1) is 9.92. The molecule has 1 heterocycles. The van der Waals surface area contributed by atoms with Crippen molar-refractivity contribution in [1.29, 1.82) is 5.26 Å². The molecule has 0 unspecified atom stereocenters. The van der Waals surface area contributed by atoms with Crippen molar-refractivity contribution >= 4 is 16.0 Å². The fourth-order valence-electron chi connectivity index (χ4n) is 1.55. The summed E-state index contributed by atoms with van der Waals surface area (Å²) in [6.45, 7) is -0.171. The molecule has 21 heavy (non-hydrogen) atoms. The molecule has 8 heteroatoms. The number of hydrogen-bond donors (Lipinski definition) is 2. The van der Waals surface area contributed by atoms with E-state index in [4.69, 9.17) is 14.8 Å². The predicted octanol–water partition coefficient (Wildman–Crippen LogP) is 1.33. The van der Waals surface area contributed by atoms with Crippen molar-refractivity contribution in [3.63, 3.8) is 0 Å². The fraction of sp³-hybridized carbons (Fsp3) is 0.0769. The molecule has 1 aromatic heterocycles. The minimum absolute atomic E-state index is 0.00603. The average molecular weight is 306 g/mol. The van der Waals surface area contributed by atoms with E-state index in [0.717, 1.165) is 0 Å². The molecule has 0 aliphatic carbocycles. The van der Waals surface area contributed by atoms with E-state index in [2.05, 4.69) is 4.72 Å². The second-order valence-electron chi connectivity index (χ2n) is 4.03. The number of rotatable bonds is 5. The summed E-state index contributed by atoms with van der Waals surface area (Å²) in [5, 5.41) is 17.3. The number of sulfonamides is 1. The highest BCUT2D eigenvalue weighted by atomic mass is 32.2. The highest BCUT2D eigenvalue weighted by Crippen LogP contribution is 2.12. The molecule has 0 atom stereocenters. The summed E-state index contributed by atoms with van der Waals surface area (Å²) in [5.41, 5.74) is 0.353. The molecule has 2 rings (SSSR count). The number of hydrogen-bond acceptors (Lipinski definition) is 5. The highest BCUT2D eigenvalue weighted by Gasteiger charge is 2.15. The minimum atomic E-state index is -3.76. The molecule has 2 aromatic rings. The SMILES string of the molecule is N#Cc1ccc(S(=O)(=O)NCc2ccc(C(=O)O)o2)cc1. The van der Waals surface area contributed by atoms with Crippen LogP contribution < -0.4 is 4.72 Å². The Morgan fingerprint density at radius 3 is 2.43 bits per heavy atom. The van der Waals surface area contributed by atoms with Gasteiger partial charge in [0.25, 0.3) is 0 Å². The van der Waals surface area contributed by atoms with Gasteiger partial charge in [0.1, 0.15) is 5.76 Å². The third-order valence-electron chi connectivity index (χ3n) is 2.60. The van der Waals surface area contributed by atoms with Crippen molar-refractivity contribution in [3.8, 4) is 6.07 Å². The molecule has 0 fully saturated rings. The Morgan fingerprint density at radius 2 is 1.90 bits per heavy atom. The summed E-state index contributed by atoms with van der Waals surface area (Å²) >= 11 is 0. The first-order valence-electron chi connectivity index (χ1n) is 5.74. The lowest BCUT2D eigenvalue weighted by atomic mass is 10.2. The summed E-state index contributed by atoms with van der Waals surface area (Å²) in [5.74, 6) is -1.30. The molecule has 7 nitrogen and oxygen atoms in total. The first-order valence-corrected chi connectivity index (χ1v) is 7.22. The smallest absolute Gasteiger partial charge is 0.371 e. The lowest BCUT2D eigenvalue weighted by molar-refractivity contribution is 0.0660. The molecular formula is C13H10N2O5S. The molecule has 0 aliphatic rings. The Balaban J connectivity index is 2.09. The molecule has 2 N–H and O–H groups in total. The number of carbonyl (C=O) groups is 1. The van der Waals surface area contributed by atoms with E-state index in [1.807, 2.05) is 6.07 Å². The highest BCUT2D eigenvalue weighted by molar-refractivity contribution is 7.89. The Kier molecular flexibility index (Phi) is 4.07. The molecule has 0 amide bonds.